The molecule has 1 amide bonds. The van der Waals surface area contributed by atoms with Crippen molar-refractivity contribution in [2.45, 2.75) is 12.8 Å². The van der Waals surface area contributed by atoms with Gasteiger partial charge in [0.05, 0.1) is 14.2 Å². The summed E-state index contributed by atoms with van der Waals surface area (Å²) in [7, 11) is 3.34. The maximum absolute atomic E-state index is 12.1. The zero-order valence-corrected chi connectivity index (χ0v) is 17.4. The molecule has 1 fully saturated rings. The summed E-state index contributed by atoms with van der Waals surface area (Å²) >= 11 is 0. The SMILES string of the molecule is COc1ccc(CCC(=O)NCCN2CCN(c3ccc(OC)cc3)CC2)cc1. The fraction of sp³-hybridized carbons (Fsp3) is 0.435. The number of methoxy groups -OCH3 is 2. The first-order valence-corrected chi connectivity index (χ1v) is 10.2. The average Bonchev–Trinajstić information content (AvgIpc) is 2.78. The number of benzene rings is 2. The first-order chi connectivity index (χ1) is 14.2. The third-order valence-electron chi connectivity index (χ3n) is 5.36. The van der Waals surface area contributed by atoms with Crippen LogP contribution >= 0.6 is 0 Å². The highest BCUT2D eigenvalue weighted by Gasteiger charge is 2.17. The lowest BCUT2D eigenvalue weighted by Gasteiger charge is -2.36. The second-order valence-corrected chi connectivity index (χ2v) is 7.22. The molecule has 0 spiro atoms. The molecule has 1 N–H and O–H groups in total. The van der Waals surface area contributed by atoms with Crippen molar-refractivity contribution in [3.63, 3.8) is 0 Å². The summed E-state index contributed by atoms with van der Waals surface area (Å²) in [6.07, 6.45) is 1.26. The third kappa shape index (κ3) is 6.39. The highest BCUT2D eigenvalue weighted by molar-refractivity contribution is 5.76. The van der Waals surface area contributed by atoms with Crippen LogP contribution in [0.5, 0.6) is 11.5 Å². The van der Waals surface area contributed by atoms with Crippen LogP contribution in [-0.2, 0) is 11.2 Å². The van der Waals surface area contributed by atoms with Crippen molar-refractivity contribution in [2.75, 3.05) is 58.4 Å². The van der Waals surface area contributed by atoms with Gasteiger partial charge in [0.2, 0.25) is 5.91 Å². The van der Waals surface area contributed by atoms with Crippen molar-refractivity contribution in [1.82, 2.24) is 10.2 Å². The van der Waals surface area contributed by atoms with Crippen LogP contribution in [0.4, 0.5) is 5.69 Å². The molecule has 0 saturated carbocycles. The van der Waals surface area contributed by atoms with E-state index in [0.29, 0.717) is 13.0 Å². The molecule has 3 rings (SSSR count). The first-order valence-electron chi connectivity index (χ1n) is 10.2. The molecule has 2 aromatic rings. The Kier molecular flexibility index (Phi) is 7.76. The lowest BCUT2D eigenvalue weighted by atomic mass is 10.1. The first kappa shape index (κ1) is 21.0. The van der Waals surface area contributed by atoms with E-state index in [2.05, 4.69) is 27.2 Å². The van der Waals surface area contributed by atoms with Gasteiger partial charge in [-0.25, -0.2) is 0 Å². The summed E-state index contributed by atoms with van der Waals surface area (Å²) in [5, 5.41) is 3.05. The Morgan fingerprint density at radius 2 is 1.48 bits per heavy atom. The van der Waals surface area contributed by atoms with Crippen LogP contribution in [0.1, 0.15) is 12.0 Å². The fourth-order valence-electron chi connectivity index (χ4n) is 3.51. The molecule has 1 heterocycles. The van der Waals surface area contributed by atoms with E-state index in [0.717, 1.165) is 56.2 Å². The molecule has 1 aliphatic heterocycles. The molecule has 1 aliphatic rings. The number of hydrogen-bond acceptors (Lipinski definition) is 5. The standard InChI is InChI=1S/C23H31N3O3/c1-28-21-8-3-19(4-9-21)5-12-23(27)24-13-14-25-15-17-26(18-16-25)20-6-10-22(29-2)11-7-20/h3-4,6-11H,5,12-18H2,1-2H3,(H,24,27). The van der Waals surface area contributed by atoms with Gasteiger partial charge in [0.1, 0.15) is 11.5 Å². The Hall–Kier alpha value is -2.73. The van der Waals surface area contributed by atoms with Gasteiger partial charge in [-0.3, -0.25) is 9.69 Å². The van der Waals surface area contributed by atoms with Crippen LogP contribution in [0.25, 0.3) is 0 Å². The smallest absolute Gasteiger partial charge is 0.220 e. The summed E-state index contributed by atoms with van der Waals surface area (Å²) in [5.74, 6) is 1.83. The number of aryl methyl sites for hydroxylation is 1. The molecule has 0 unspecified atom stereocenters. The zero-order valence-electron chi connectivity index (χ0n) is 17.4. The lowest BCUT2D eigenvalue weighted by molar-refractivity contribution is -0.121. The minimum atomic E-state index is 0.109. The Morgan fingerprint density at radius 1 is 0.897 bits per heavy atom. The maximum Gasteiger partial charge on any atom is 0.220 e. The molecule has 0 aromatic heterocycles. The van der Waals surface area contributed by atoms with Gasteiger partial charge in [-0.15, -0.1) is 0 Å². The minimum Gasteiger partial charge on any atom is -0.497 e. The van der Waals surface area contributed by atoms with Crippen molar-refractivity contribution < 1.29 is 14.3 Å². The largest absolute Gasteiger partial charge is 0.497 e. The van der Waals surface area contributed by atoms with Crippen LogP contribution in [0.2, 0.25) is 0 Å². The van der Waals surface area contributed by atoms with Gasteiger partial charge >= 0.3 is 0 Å². The van der Waals surface area contributed by atoms with Gasteiger partial charge in [0.25, 0.3) is 0 Å². The van der Waals surface area contributed by atoms with E-state index in [1.54, 1.807) is 14.2 Å². The third-order valence-corrected chi connectivity index (χ3v) is 5.36. The molecule has 0 aliphatic carbocycles. The molecule has 0 atom stereocenters. The molecular weight excluding hydrogens is 366 g/mol. The zero-order chi connectivity index (χ0) is 20.5. The molecule has 1 saturated heterocycles. The van der Waals surface area contributed by atoms with Crippen LogP contribution in [0.3, 0.4) is 0 Å². The Bertz CT molecular complexity index is 754. The molecule has 0 radical (unpaired) electrons. The number of carbonyl (C=O) groups excluding carboxylic acids is 1. The molecule has 6 nitrogen and oxygen atoms in total. The van der Waals surface area contributed by atoms with E-state index in [4.69, 9.17) is 9.47 Å². The van der Waals surface area contributed by atoms with Crippen molar-refractivity contribution in [2.24, 2.45) is 0 Å². The highest BCUT2D eigenvalue weighted by atomic mass is 16.5. The number of hydrogen-bond donors (Lipinski definition) is 1. The van der Waals surface area contributed by atoms with Crippen LogP contribution < -0.4 is 19.7 Å². The minimum absolute atomic E-state index is 0.109. The number of piperazine rings is 1. The second-order valence-electron chi connectivity index (χ2n) is 7.22. The summed E-state index contributed by atoms with van der Waals surface area (Å²) in [5.41, 5.74) is 2.38. The predicted molar refractivity (Wildman–Crippen MR) is 116 cm³/mol. The van der Waals surface area contributed by atoms with E-state index in [1.807, 2.05) is 36.4 Å². The van der Waals surface area contributed by atoms with Gasteiger partial charge in [-0.05, 0) is 48.4 Å². The average molecular weight is 398 g/mol. The van der Waals surface area contributed by atoms with Gasteiger partial charge in [0, 0.05) is 51.4 Å². The van der Waals surface area contributed by atoms with Gasteiger partial charge in [-0.1, -0.05) is 12.1 Å². The van der Waals surface area contributed by atoms with Crippen molar-refractivity contribution in [3.05, 3.63) is 54.1 Å². The molecule has 0 bridgehead atoms. The number of ether oxygens (including phenoxy) is 2. The van der Waals surface area contributed by atoms with Crippen LogP contribution in [-0.4, -0.2) is 64.3 Å². The summed E-state index contributed by atoms with van der Waals surface area (Å²) < 4.78 is 10.4. The topological polar surface area (TPSA) is 54.0 Å². The Balaban J connectivity index is 1.31. The molecule has 6 heteroatoms. The van der Waals surface area contributed by atoms with E-state index >= 15 is 0 Å². The number of carbonyl (C=O) groups is 1. The molecule has 29 heavy (non-hydrogen) atoms. The lowest BCUT2D eigenvalue weighted by Crippen LogP contribution is -2.48. The molecule has 156 valence electrons. The molecule has 2 aromatic carbocycles. The summed E-state index contributed by atoms with van der Waals surface area (Å²) in [4.78, 5) is 16.9. The van der Waals surface area contributed by atoms with E-state index < -0.39 is 0 Å². The predicted octanol–water partition coefficient (Wildman–Crippen LogP) is 2.57. The Morgan fingerprint density at radius 3 is 2.07 bits per heavy atom. The van der Waals surface area contributed by atoms with Crippen molar-refractivity contribution >= 4 is 11.6 Å². The van der Waals surface area contributed by atoms with Crippen molar-refractivity contribution in [1.29, 1.82) is 0 Å². The highest BCUT2D eigenvalue weighted by Crippen LogP contribution is 2.20. The van der Waals surface area contributed by atoms with E-state index in [-0.39, 0.29) is 5.91 Å². The number of amides is 1. The van der Waals surface area contributed by atoms with Crippen LogP contribution in [0.15, 0.2) is 48.5 Å². The van der Waals surface area contributed by atoms with E-state index in [1.165, 1.54) is 5.69 Å². The number of rotatable bonds is 9. The monoisotopic (exact) mass is 397 g/mol. The van der Waals surface area contributed by atoms with Gasteiger partial charge in [0.15, 0.2) is 0 Å². The number of nitrogens with one attached hydrogen (secondary N) is 1. The number of anilines is 1. The molecular formula is C23H31N3O3. The summed E-state index contributed by atoms with van der Waals surface area (Å²) in [6.45, 7) is 5.60. The summed E-state index contributed by atoms with van der Waals surface area (Å²) in [6, 6.07) is 16.1. The Labute approximate surface area is 173 Å². The van der Waals surface area contributed by atoms with Gasteiger partial charge < -0.3 is 19.7 Å². The normalized spacial score (nSPS) is 14.5. The second kappa shape index (κ2) is 10.7. The number of nitrogens with zero attached hydrogens (tertiary/aromatic N) is 2. The van der Waals surface area contributed by atoms with E-state index in [9.17, 15) is 4.79 Å². The van der Waals surface area contributed by atoms with Gasteiger partial charge in [-0.2, -0.15) is 0 Å². The fourth-order valence-corrected chi connectivity index (χ4v) is 3.51. The van der Waals surface area contributed by atoms with Crippen LogP contribution in [0, 0.1) is 0 Å². The maximum atomic E-state index is 12.1. The quantitative estimate of drug-likeness (QED) is 0.705. The van der Waals surface area contributed by atoms with Crippen molar-refractivity contribution in [3.8, 4) is 11.5 Å².